The molecule has 1 N–H and O–H groups in total. The van der Waals surface area contributed by atoms with E-state index >= 15 is 0 Å². The molecule has 0 aliphatic heterocycles. The van der Waals surface area contributed by atoms with Crippen molar-refractivity contribution in [2.75, 3.05) is 11.9 Å². The summed E-state index contributed by atoms with van der Waals surface area (Å²) in [5.41, 5.74) is 1.65. The molecule has 3 heteroatoms. The highest BCUT2D eigenvalue weighted by Gasteiger charge is 2.06. The van der Waals surface area contributed by atoms with Gasteiger partial charge in [0.05, 0.1) is 11.6 Å². The van der Waals surface area contributed by atoms with E-state index in [1.807, 2.05) is 6.07 Å². The number of nitrogens with one attached hydrogen (secondary N) is 1. The molecular formula is C12H15FN2. The molecule has 0 bridgehead atoms. The van der Waals surface area contributed by atoms with Crippen LogP contribution in [0.2, 0.25) is 0 Å². The highest BCUT2D eigenvalue weighted by Crippen LogP contribution is 2.20. The number of unbranched alkanes of at least 4 members (excludes halogenated alkanes) is 1. The molecule has 0 amide bonds. The van der Waals surface area contributed by atoms with Gasteiger partial charge in [-0.3, -0.25) is 0 Å². The largest absolute Gasteiger partial charge is 0.385 e. The summed E-state index contributed by atoms with van der Waals surface area (Å²) in [6, 6.07) is 4.90. The molecule has 15 heavy (non-hydrogen) atoms. The fraction of sp³-hybridized carbons (Fsp3) is 0.417. The van der Waals surface area contributed by atoms with Gasteiger partial charge in [0.2, 0.25) is 0 Å². The Labute approximate surface area is 89.7 Å². The smallest absolute Gasteiger partial charge is 0.129 e. The van der Waals surface area contributed by atoms with E-state index in [9.17, 15) is 4.39 Å². The van der Waals surface area contributed by atoms with Gasteiger partial charge < -0.3 is 5.32 Å². The second kappa shape index (κ2) is 5.35. The summed E-state index contributed by atoms with van der Waals surface area (Å²) in [4.78, 5) is 0. The van der Waals surface area contributed by atoms with Crippen LogP contribution in [0.4, 0.5) is 10.1 Å². The average Bonchev–Trinajstić information content (AvgIpc) is 2.24. The molecule has 0 atom stereocenters. The highest BCUT2D eigenvalue weighted by atomic mass is 19.1. The van der Waals surface area contributed by atoms with Gasteiger partial charge >= 0.3 is 0 Å². The van der Waals surface area contributed by atoms with Crippen LogP contribution in [0, 0.1) is 24.1 Å². The number of nitriles is 1. The first kappa shape index (κ1) is 11.5. The fourth-order valence-electron chi connectivity index (χ4n) is 1.33. The van der Waals surface area contributed by atoms with E-state index < -0.39 is 0 Å². The van der Waals surface area contributed by atoms with Crippen LogP contribution in [0.15, 0.2) is 12.1 Å². The standard InChI is InChI=1S/C12H15FN2/c1-3-4-5-15-12-7-10(8-14)6-11(13)9(12)2/h6-7,15H,3-5H2,1-2H3. The van der Waals surface area contributed by atoms with Gasteiger partial charge in [0, 0.05) is 17.8 Å². The summed E-state index contributed by atoms with van der Waals surface area (Å²) in [6.07, 6.45) is 2.13. The van der Waals surface area contributed by atoms with Crippen LogP contribution in [-0.2, 0) is 0 Å². The van der Waals surface area contributed by atoms with Crippen molar-refractivity contribution in [1.82, 2.24) is 0 Å². The molecule has 0 aromatic heterocycles. The fourth-order valence-corrected chi connectivity index (χ4v) is 1.33. The molecule has 80 valence electrons. The monoisotopic (exact) mass is 206 g/mol. The van der Waals surface area contributed by atoms with Gasteiger partial charge in [-0.05, 0) is 25.5 Å². The summed E-state index contributed by atoms with van der Waals surface area (Å²) in [7, 11) is 0. The summed E-state index contributed by atoms with van der Waals surface area (Å²) in [5, 5.41) is 11.8. The Hall–Kier alpha value is -1.56. The first-order valence-electron chi connectivity index (χ1n) is 5.13. The number of rotatable bonds is 4. The molecule has 0 aliphatic rings. The van der Waals surface area contributed by atoms with Crippen molar-refractivity contribution in [3.05, 3.63) is 29.1 Å². The van der Waals surface area contributed by atoms with E-state index in [1.54, 1.807) is 13.0 Å². The van der Waals surface area contributed by atoms with E-state index in [-0.39, 0.29) is 5.82 Å². The Morgan fingerprint density at radius 1 is 1.47 bits per heavy atom. The summed E-state index contributed by atoms with van der Waals surface area (Å²) < 4.78 is 13.3. The second-order valence-corrected chi connectivity index (χ2v) is 3.52. The maximum atomic E-state index is 13.3. The van der Waals surface area contributed by atoms with Crippen molar-refractivity contribution < 1.29 is 4.39 Å². The zero-order valence-electron chi connectivity index (χ0n) is 9.10. The average molecular weight is 206 g/mol. The molecular weight excluding hydrogens is 191 g/mol. The molecule has 0 heterocycles. The first-order chi connectivity index (χ1) is 7.19. The van der Waals surface area contributed by atoms with E-state index in [1.165, 1.54) is 6.07 Å². The van der Waals surface area contributed by atoms with Crippen LogP contribution in [0.5, 0.6) is 0 Å². The molecule has 1 rings (SSSR count). The summed E-state index contributed by atoms with van der Waals surface area (Å²) >= 11 is 0. The number of halogens is 1. The Balaban J connectivity index is 2.86. The predicted molar refractivity (Wildman–Crippen MR) is 59.2 cm³/mol. The topological polar surface area (TPSA) is 35.8 Å². The van der Waals surface area contributed by atoms with Crippen molar-refractivity contribution >= 4 is 5.69 Å². The van der Waals surface area contributed by atoms with Gasteiger partial charge in [0.15, 0.2) is 0 Å². The van der Waals surface area contributed by atoms with Crippen LogP contribution in [0.3, 0.4) is 0 Å². The second-order valence-electron chi connectivity index (χ2n) is 3.52. The van der Waals surface area contributed by atoms with Crippen LogP contribution in [-0.4, -0.2) is 6.54 Å². The normalized spacial score (nSPS) is 9.73. The third kappa shape index (κ3) is 2.95. The number of hydrogen-bond donors (Lipinski definition) is 1. The quantitative estimate of drug-likeness (QED) is 0.768. The Morgan fingerprint density at radius 2 is 2.20 bits per heavy atom. The number of nitrogens with zero attached hydrogens (tertiary/aromatic N) is 1. The van der Waals surface area contributed by atoms with Gasteiger partial charge in [0.1, 0.15) is 5.82 Å². The summed E-state index contributed by atoms with van der Waals surface area (Å²) in [6.45, 7) is 4.62. The maximum Gasteiger partial charge on any atom is 0.129 e. The van der Waals surface area contributed by atoms with Crippen LogP contribution >= 0.6 is 0 Å². The molecule has 1 aromatic carbocycles. The van der Waals surface area contributed by atoms with Gasteiger partial charge in [-0.25, -0.2) is 4.39 Å². The van der Waals surface area contributed by atoms with Crippen molar-refractivity contribution in [3.8, 4) is 6.07 Å². The van der Waals surface area contributed by atoms with Crippen LogP contribution in [0.25, 0.3) is 0 Å². The van der Waals surface area contributed by atoms with Crippen molar-refractivity contribution in [2.45, 2.75) is 26.7 Å². The number of benzene rings is 1. The van der Waals surface area contributed by atoms with E-state index in [0.717, 1.165) is 25.1 Å². The molecule has 0 radical (unpaired) electrons. The third-order valence-corrected chi connectivity index (χ3v) is 2.32. The van der Waals surface area contributed by atoms with Crippen molar-refractivity contribution in [3.63, 3.8) is 0 Å². The van der Waals surface area contributed by atoms with Gasteiger partial charge in [-0.1, -0.05) is 13.3 Å². The van der Waals surface area contributed by atoms with Gasteiger partial charge in [0.25, 0.3) is 0 Å². The molecule has 1 aromatic rings. The lowest BCUT2D eigenvalue weighted by Gasteiger charge is -2.10. The molecule has 0 fully saturated rings. The predicted octanol–water partition coefficient (Wildman–Crippen LogP) is 3.22. The Kier molecular flexibility index (Phi) is 4.11. The number of anilines is 1. The minimum atomic E-state index is -0.326. The first-order valence-corrected chi connectivity index (χ1v) is 5.13. The van der Waals surface area contributed by atoms with E-state index in [2.05, 4.69) is 12.2 Å². The minimum Gasteiger partial charge on any atom is -0.385 e. The molecule has 2 nitrogen and oxygen atoms in total. The van der Waals surface area contributed by atoms with Gasteiger partial charge in [-0.15, -0.1) is 0 Å². The Morgan fingerprint density at radius 3 is 2.80 bits per heavy atom. The summed E-state index contributed by atoms with van der Waals surface area (Å²) in [5.74, 6) is -0.326. The molecule has 0 unspecified atom stereocenters. The van der Waals surface area contributed by atoms with Crippen LogP contribution < -0.4 is 5.32 Å². The molecule has 0 saturated carbocycles. The minimum absolute atomic E-state index is 0.326. The van der Waals surface area contributed by atoms with E-state index in [0.29, 0.717) is 11.1 Å². The lowest BCUT2D eigenvalue weighted by atomic mass is 10.1. The third-order valence-electron chi connectivity index (χ3n) is 2.32. The van der Waals surface area contributed by atoms with Crippen molar-refractivity contribution in [1.29, 1.82) is 5.26 Å². The zero-order valence-corrected chi connectivity index (χ0v) is 9.10. The van der Waals surface area contributed by atoms with E-state index in [4.69, 9.17) is 5.26 Å². The Bertz CT molecular complexity index is 380. The molecule has 0 spiro atoms. The number of hydrogen-bond acceptors (Lipinski definition) is 2. The molecule has 0 saturated heterocycles. The van der Waals surface area contributed by atoms with Crippen molar-refractivity contribution in [2.24, 2.45) is 0 Å². The lowest BCUT2D eigenvalue weighted by Crippen LogP contribution is -2.04. The van der Waals surface area contributed by atoms with Crippen LogP contribution in [0.1, 0.15) is 30.9 Å². The lowest BCUT2D eigenvalue weighted by molar-refractivity contribution is 0.618. The SMILES string of the molecule is CCCCNc1cc(C#N)cc(F)c1C. The zero-order chi connectivity index (χ0) is 11.3. The highest BCUT2D eigenvalue weighted by molar-refractivity contribution is 5.55. The molecule has 0 aliphatic carbocycles. The van der Waals surface area contributed by atoms with Gasteiger partial charge in [-0.2, -0.15) is 5.26 Å². The maximum absolute atomic E-state index is 13.3.